The van der Waals surface area contributed by atoms with Crippen molar-refractivity contribution in [1.82, 2.24) is 10.2 Å². The Labute approximate surface area is 169 Å². The molecule has 2 amide bonds. The van der Waals surface area contributed by atoms with Crippen LogP contribution in [0.1, 0.15) is 26.0 Å². The number of carbonyl (C=O) groups is 2. The molecule has 28 heavy (non-hydrogen) atoms. The number of hydrogen-bond donors (Lipinski definition) is 1. The number of furan rings is 1. The van der Waals surface area contributed by atoms with Gasteiger partial charge in [0.1, 0.15) is 17.6 Å². The Morgan fingerprint density at radius 3 is 2.64 bits per heavy atom. The second-order valence-corrected chi connectivity index (χ2v) is 6.64. The van der Waals surface area contributed by atoms with Crippen LogP contribution in [0.4, 0.5) is 5.69 Å². The first-order chi connectivity index (χ1) is 13.5. The molecule has 1 aromatic heterocycles. The maximum Gasteiger partial charge on any atom is 0.257 e. The van der Waals surface area contributed by atoms with Crippen molar-refractivity contribution >= 4 is 34.8 Å². The number of anilines is 1. The monoisotopic (exact) mass is 401 g/mol. The molecule has 0 saturated carbocycles. The molecule has 0 radical (unpaired) electrons. The number of nitrogens with one attached hydrogen (secondary N) is 1. The lowest BCUT2D eigenvalue weighted by Gasteiger charge is -2.29. The molecule has 1 saturated heterocycles. The molecule has 8 heteroatoms. The Morgan fingerprint density at radius 1 is 1.29 bits per heavy atom. The third-order valence-corrected chi connectivity index (χ3v) is 4.78. The molecule has 0 spiro atoms. The van der Waals surface area contributed by atoms with E-state index in [1.165, 1.54) is 4.90 Å². The standard InChI is InChI=1S/C20H23N3O4S/c1-3-21-20(28)22(13-16-6-5-11-27-16)17-12-18(24)23(19(17)25)14-7-9-15(10-8-14)26-4-2/h5-11,17H,3-4,12-13H2,1-2H3,(H,21,28)/t17-/m1/s1. The molecule has 1 N–H and O–H groups in total. The first kappa shape index (κ1) is 19.9. The van der Waals surface area contributed by atoms with Gasteiger partial charge in [0.05, 0.1) is 31.5 Å². The van der Waals surface area contributed by atoms with Gasteiger partial charge in [0.15, 0.2) is 5.11 Å². The summed E-state index contributed by atoms with van der Waals surface area (Å²) >= 11 is 5.45. The van der Waals surface area contributed by atoms with Gasteiger partial charge in [-0.3, -0.25) is 9.59 Å². The zero-order chi connectivity index (χ0) is 20.1. The summed E-state index contributed by atoms with van der Waals surface area (Å²) in [6, 6.07) is 9.82. The molecular weight excluding hydrogens is 378 g/mol. The fourth-order valence-electron chi connectivity index (χ4n) is 3.14. The van der Waals surface area contributed by atoms with Gasteiger partial charge in [-0.2, -0.15) is 0 Å². The fraction of sp³-hybridized carbons (Fsp3) is 0.350. The van der Waals surface area contributed by atoms with Gasteiger partial charge in [-0.05, 0) is 62.5 Å². The third kappa shape index (κ3) is 4.17. The number of imide groups is 1. The predicted octanol–water partition coefficient (Wildman–Crippen LogP) is 2.71. The van der Waals surface area contributed by atoms with Gasteiger partial charge < -0.3 is 19.4 Å². The van der Waals surface area contributed by atoms with E-state index in [4.69, 9.17) is 21.4 Å². The van der Waals surface area contributed by atoms with Crippen LogP contribution in [0.5, 0.6) is 5.75 Å². The zero-order valence-corrected chi connectivity index (χ0v) is 16.7. The van der Waals surface area contributed by atoms with E-state index in [0.717, 1.165) is 0 Å². The van der Waals surface area contributed by atoms with E-state index in [9.17, 15) is 9.59 Å². The van der Waals surface area contributed by atoms with Crippen LogP contribution in [0.2, 0.25) is 0 Å². The smallest absolute Gasteiger partial charge is 0.257 e. The van der Waals surface area contributed by atoms with E-state index in [2.05, 4.69) is 5.32 Å². The summed E-state index contributed by atoms with van der Waals surface area (Å²) in [4.78, 5) is 28.7. The van der Waals surface area contributed by atoms with Crippen LogP contribution in [-0.2, 0) is 16.1 Å². The number of rotatable bonds is 7. The summed E-state index contributed by atoms with van der Waals surface area (Å²) in [5.41, 5.74) is 0.522. The quantitative estimate of drug-likeness (QED) is 0.565. The van der Waals surface area contributed by atoms with Crippen LogP contribution in [0.15, 0.2) is 47.1 Å². The minimum atomic E-state index is -0.685. The number of carbonyl (C=O) groups excluding carboxylic acids is 2. The summed E-state index contributed by atoms with van der Waals surface area (Å²) in [7, 11) is 0. The van der Waals surface area contributed by atoms with Crippen LogP contribution in [0.3, 0.4) is 0 Å². The number of thiocarbonyl (C=S) groups is 1. The van der Waals surface area contributed by atoms with Gasteiger partial charge in [-0.1, -0.05) is 0 Å². The molecule has 7 nitrogen and oxygen atoms in total. The van der Waals surface area contributed by atoms with Crippen LogP contribution in [0, 0.1) is 0 Å². The average molecular weight is 401 g/mol. The Hall–Kier alpha value is -2.87. The number of nitrogens with zero attached hydrogens (tertiary/aromatic N) is 2. The Balaban J connectivity index is 1.83. The van der Waals surface area contributed by atoms with Gasteiger partial charge in [0.2, 0.25) is 5.91 Å². The first-order valence-electron chi connectivity index (χ1n) is 9.21. The van der Waals surface area contributed by atoms with Crippen molar-refractivity contribution in [1.29, 1.82) is 0 Å². The predicted molar refractivity (Wildman–Crippen MR) is 109 cm³/mol. The fourth-order valence-corrected chi connectivity index (χ4v) is 3.47. The Bertz CT molecular complexity index is 836. The molecule has 1 aliphatic heterocycles. The van der Waals surface area contributed by atoms with Gasteiger partial charge in [-0.15, -0.1) is 0 Å². The zero-order valence-electron chi connectivity index (χ0n) is 15.9. The molecule has 1 fully saturated rings. The normalized spacial score (nSPS) is 16.4. The first-order valence-corrected chi connectivity index (χ1v) is 9.62. The molecule has 3 rings (SSSR count). The highest BCUT2D eigenvalue weighted by molar-refractivity contribution is 7.80. The van der Waals surface area contributed by atoms with E-state index < -0.39 is 6.04 Å². The molecular formula is C20H23N3O4S. The largest absolute Gasteiger partial charge is 0.494 e. The number of hydrogen-bond acceptors (Lipinski definition) is 5. The number of benzene rings is 1. The van der Waals surface area contributed by atoms with Crippen molar-refractivity contribution < 1.29 is 18.7 Å². The maximum absolute atomic E-state index is 13.1. The molecule has 2 heterocycles. The van der Waals surface area contributed by atoms with Crippen LogP contribution < -0.4 is 15.0 Å². The van der Waals surface area contributed by atoms with Gasteiger partial charge in [0.25, 0.3) is 5.91 Å². The molecule has 1 atom stereocenters. The van der Waals surface area contributed by atoms with Gasteiger partial charge in [-0.25, -0.2) is 4.90 Å². The van der Waals surface area contributed by atoms with Crippen LogP contribution in [-0.4, -0.2) is 41.0 Å². The Morgan fingerprint density at radius 2 is 2.04 bits per heavy atom. The lowest BCUT2D eigenvalue weighted by Crippen LogP contribution is -2.49. The minimum Gasteiger partial charge on any atom is -0.494 e. The van der Waals surface area contributed by atoms with Gasteiger partial charge in [0, 0.05) is 6.54 Å². The number of ether oxygens (including phenoxy) is 1. The second kappa shape index (κ2) is 8.88. The minimum absolute atomic E-state index is 0.0539. The van der Waals surface area contributed by atoms with Crippen LogP contribution >= 0.6 is 12.2 Å². The van der Waals surface area contributed by atoms with Crippen molar-refractivity contribution in [2.75, 3.05) is 18.1 Å². The van der Waals surface area contributed by atoms with Crippen molar-refractivity contribution in [3.05, 3.63) is 48.4 Å². The highest BCUT2D eigenvalue weighted by Crippen LogP contribution is 2.28. The van der Waals surface area contributed by atoms with Crippen molar-refractivity contribution in [2.24, 2.45) is 0 Å². The molecule has 0 unspecified atom stereocenters. The van der Waals surface area contributed by atoms with E-state index >= 15 is 0 Å². The summed E-state index contributed by atoms with van der Waals surface area (Å²) in [5, 5.41) is 3.48. The van der Waals surface area contributed by atoms with E-state index in [-0.39, 0.29) is 18.2 Å². The van der Waals surface area contributed by atoms with E-state index in [1.807, 2.05) is 19.9 Å². The number of amides is 2. The summed E-state index contributed by atoms with van der Waals surface area (Å²) in [6.45, 7) is 5.29. The summed E-state index contributed by atoms with van der Waals surface area (Å²) in [5.74, 6) is 0.790. The van der Waals surface area contributed by atoms with Gasteiger partial charge >= 0.3 is 0 Å². The van der Waals surface area contributed by atoms with Crippen molar-refractivity contribution in [3.63, 3.8) is 0 Å². The average Bonchev–Trinajstić information content (AvgIpc) is 3.29. The van der Waals surface area contributed by atoms with E-state index in [0.29, 0.717) is 42.0 Å². The maximum atomic E-state index is 13.1. The third-order valence-electron chi connectivity index (χ3n) is 4.40. The SMILES string of the molecule is CCNC(=S)N(Cc1ccco1)[C@@H]1CC(=O)N(c2ccc(OCC)cc2)C1=O. The highest BCUT2D eigenvalue weighted by atomic mass is 32.1. The molecule has 2 aromatic rings. The lowest BCUT2D eigenvalue weighted by molar-refractivity contribution is -0.122. The molecule has 1 aliphatic rings. The van der Waals surface area contributed by atoms with E-state index in [1.54, 1.807) is 41.5 Å². The topological polar surface area (TPSA) is 75.0 Å². The Kier molecular flexibility index (Phi) is 6.30. The molecule has 0 aliphatic carbocycles. The summed E-state index contributed by atoms with van der Waals surface area (Å²) < 4.78 is 10.8. The highest BCUT2D eigenvalue weighted by Gasteiger charge is 2.43. The second-order valence-electron chi connectivity index (χ2n) is 6.26. The molecule has 0 bridgehead atoms. The van der Waals surface area contributed by atoms with Crippen LogP contribution in [0.25, 0.3) is 0 Å². The lowest BCUT2D eigenvalue weighted by atomic mass is 10.2. The summed E-state index contributed by atoms with van der Waals surface area (Å²) in [6.07, 6.45) is 1.62. The molecule has 148 valence electrons. The van der Waals surface area contributed by atoms with Crippen molar-refractivity contribution in [3.8, 4) is 5.75 Å². The van der Waals surface area contributed by atoms with Crippen molar-refractivity contribution in [2.45, 2.75) is 32.9 Å². The molecule has 1 aromatic carbocycles.